The van der Waals surface area contributed by atoms with E-state index in [1.54, 1.807) is 0 Å². The Morgan fingerprint density at radius 2 is 2.05 bits per heavy atom. The van der Waals surface area contributed by atoms with Crippen molar-refractivity contribution < 1.29 is 5.11 Å². The zero-order valence-corrected chi connectivity index (χ0v) is 14.9. The largest absolute Gasteiger partial charge is 0.389 e. The summed E-state index contributed by atoms with van der Waals surface area (Å²) in [4.78, 5) is 2.62. The fourth-order valence-electron chi connectivity index (χ4n) is 4.41. The van der Waals surface area contributed by atoms with Crippen molar-refractivity contribution in [3.63, 3.8) is 0 Å². The maximum Gasteiger partial charge on any atom is 0.0703 e. The van der Waals surface area contributed by atoms with E-state index < -0.39 is 5.60 Å². The molecule has 3 unspecified atom stereocenters. The molecule has 3 rings (SSSR count). The first-order chi connectivity index (χ1) is 10.0. The van der Waals surface area contributed by atoms with Gasteiger partial charge >= 0.3 is 0 Å². The Labute approximate surface area is 141 Å². The molecule has 2 nitrogen and oxygen atoms in total. The van der Waals surface area contributed by atoms with Gasteiger partial charge in [0.2, 0.25) is 0 Å². The predicted octanol–water partition coefficient (Wildman–Crippen LogP) is 4.21. The summed E-state index contributed by atoms with van der Waals surface area (Å²) in [7, 11) is 0. The van der Waals surface area contributed by atoms with Crippen molar-refractivity contribution in [1.82, 2.24) is 4.90 Å². The molecule has 1 saturated heterocycles. The topological polar surface area (TPSA) is 23.5 Å². The van der Waals surface area contributed by atoms with E-state index in [0.717, 1.165) is 38.8 Å². The molecule has 0 aromatic heterocycles. The van der Waals surface area contributed by atoms with Gasteiger partial charge in [0.05, 0.1) is 5.60 Å². The lowest BCUT2D eigenvalue weighted by molar-refractivity contribution is -0.105. The minimum Gasteiger partial charge on any atom is -0.389 e. The molecular formula is C19H30ClNO. The van der Waals surface area contributed by atoms with Gasteiger partial charge in [-0.25, -0.2) is 0 Å². The zero-order chi connectivity index (χ0) is 15.0. The average molecular weight is 324 g/mol. The first-order valence-corrected chi connectivity index (χ1v) is 8.57. The Morgan fingerprint density at radius 3 is 2.73 bits per heavy atom. The molecule has 0 radical (unpaired) electrons. The standard InChI is InChI=1S/C19H29NO.ClH/c1-4-19(21)12-18-17-8-6-5-7-15(17)9-10-20(18)13-16(19)11-14(2)3;/h5-8,14,16,18,21H,4,9-13H2,1-3H3;1H. The maximum atomic E-state index is 11.2. The van der Waals surface area contributed by atoms with Crippen LogP contribution in [-0.2, 0) is 6.42 Å². The molecule has 22 heavy (non-hydrogen) atoms. The summed E-state index contributed by atoms with van der Waals surface area (Å²) in [6.45, 7) is 8.90. The van der Waals surface area contributed by atoms with Gasteiger partial charge in [0, 0.05) is 25.0 Å². The van der Waals surface area contributed by atoms with Gasteiger partial charge in [-0.05, 0) is 42.7 Å². The highest BCUT2D eigenvalue weighted by molar-refractivity contribution is 5.85. The van der Waals surface area contributed by atoms with Crippen molar-refractivity contribution in [1.29, 1.82) is 0 Å². The van der Waals surface area contributed by atoms with Crippen LogP contribution >= 0.6 is 12.4 Å². The third-order valence-electron chi connectivity index (χ3n) is 5.65. The Kier molecular flexibility index (Phi) is 5.58. The van der Waals surface area contributed by atoms with Crippen LogP contribution in [0.2, 0.25) is 0 Å². The molecule has 0 spiro atoms. The highest BCUT2D eigenvalue weighted by atomic mass is 35.5. The lowest BCUT2D eigenvalue weighted by atomic mass is 9.70. The third-order valence-corrected chi connectivity index (χ3v) is 5.65. The van der Waals surface area contributed by atoms with Crippen LogP contribution in [0.3, 0.4) is 0 Å². The third kappa shape index (κ3) is 3.20. The zero-order valence-electron chi connectivity index (χ0n) is 14.1. The minimum atomic E-state index is -0.490. The molecule has 3 atom stereocenters. The van der Waals surface area contributed by atoms with Gasteiger partial charge in [-0.15, -0.1) is 12.4 Å². The molecule has 124 valence electrons. The van der Waals surface area contributed by atoms with E-state index in [-0.39, 0.29) is 12.4 Å². The molecule has 0 aliphatic carbocycles. The predicted molar refractivity (Wildman–Crippen MR) is 94.5 cm³/mol. The number of rotatable bonds is 3. The van der Waals surface area contributed by atoms with Crippen molar-refractivity contribution in [2.24, 2.45) is 11.8 Å². The number of hydrogen-bond donors (Lipinski definition) is 1. The number of halogens is 1. The molecule has 1 aromatic carbocycles. The summed E-state index contributed by atoms with van der Waals surface area (Å²) in [5, 5.41) is 11.2. The van der Waals surface area contributed by atoms with E-state index in [1.807, 2.05) is 0 Å². The number of nitrogens with zero attached hydrogens (tertiary/aromatic N) is 1. The molecule has 1 N–H and O–H groups in total. The number of piperidine rings is 1. The Bertz CT molecular complexity index is 504. The van der Waals surface area contributed by atoms with Crippen molar-refractivity contribution >= 4 is 12.4 Å². The normalized spacial score (nSPS) is 31.3. The Hall–Kier alpha value is -0.570. The fraction of sp³-hybridized carbons (Fsp3) is 0.684. The molecule has 1 aromatic rings. The summed E-state index contributed by atoms with van der Waals surface area (Å²) in [6.07, 6.45) is 4.07. The van der Waals surface area contributed by atoms with Gasteiger partial charge in [0.1, 0.15) is 0 Å². The van der Waals surface area contributed by atoms with Crippen molar-refractivity contribution in [2.75, 3.05) is 13.1 Å². The number of benzene rings is 1. The fourth-order valence-corrected chi connectivity index (χ4v) is 4.41. The molecule has 2 aliphatic rings. The van der Waals surface area contributed by atoms with E-state index >= 15 is 0 Å². The molecule has 2 heterocycles. The second-order valence-corrected chi connectivity index (χ2v) is 7.45. The first kappa shape index (κ1) is 17.8. The van der Waals surface area contributed by atoms with Crippen LogP contribution in [0.25, 0.3) is 0 Å². The average Bonchev–Trinajstić information content (AvgIpc) is 2.48. The molecule has 0 bridgehead atoms. The van der Waals surface area contributed by atoms with Crippen LogP contribution in [0.5, 0.6) is 0 Å². The van der Waals surface area contributed by atoms with Crippen LogP contribution in [0.1, 0.15) is 57.2 Å². The lowest BCUT2D eigenvalue weighted by Crippen LogP contribution is -2.54. The number of hydrogen-bond acceptors (Lipinski definition) is 2. The van der Waals surface area contributed by atoms with Crippen LogP contribution in [0, 0.1) is 11.8 Å². The first-order valence-electron chi connectivity index (χ1n) is 8.57. The molecule has 2 aliphatic heterocycles. The van der Waals surface area contributed by atoms with Gasteiger partial charge < -0.3 is 5.11 Å². The molecular weight excluding hydrogens is 294 g/mol. The van der Waals surface area contributed by atoms with E-state index in [4.69, 9.17) is 0 Å². The molecule has 1 fully saturated rings. The van der Waals surface area contributed by atoms with Crippen LogP contribution in [0.15, 0.2) is 24.3 Å². The van der Waals surface area contributed by atoms with E-state index in [0.29, 0.717) is 17.9 Å². The van der Waals surface area contributed by atoms with Gasteiger partial charge in [-0.2, -0.15) is 0 Å². The molecule has 3 heteroatoms. The minimum absolute atomic E-state index is 0. The summed E-state index contributed by atoms with van der Waals surface area (Å²) >= 11 is 0. The molecule has 0 amide bonds. The second-order valence-electron chi connectivity index (χ2n) is 7.45. The Morgan fingerprint density at radius 1 is 1.32 bits per heavy atom. The highest BCUT2D eigenvalue weighted by Gasteiger charge is 2.46. The van der Waals surface area contributed by atoms with Gasteiger partial charge in [0.25, 0.3) is 0 Å². The highest BCUT2D eigenvalue weighted by Crippen LogP contribution is 2.45. The maximum absolute atomic E-state index is 11.2. The summed E-state index contributed by atoms with van der Waals surface area (Å²) < 4.78 is 0. The van der Waals surface area contributed by atoms with E-state index in [9.17, 15) is 5.11 Å². The van der Waals surface area contributed by atoms with Crippen LogP contribution < -0.4 is 0 Å². The quantitative estimate of drug-likeness (QED) is 0.900. The van der Waals surface area contributed by atoms with Gasteiger partial charge in [0.15, 0.2) is 0 Å². The van der Waals surface area contributed by atoms with Crippen molar-refractivity contribution in [3.05, 3.63) is 35.4 Å². The summed E-state index contributed by atoms with van der Waals surface area (Å²) in [5.41, 5.74) is 2.45. The Balaban J connectivity index is 0.00000176. The second kappa shape index (κ2) is 6.90. The number of aliphatic hydroxyl groups is 1. The monoisotopic (exact) mass is 323 g/mol. The molecule has 0 saturated carbocycles. The SMILES string of the molecule is CCC1(O)CC2c3ccccc3CCN2CC1CC(C)C.Cl. The van der Waals surface area contributed by atoms with Crippen LogP contribution in [-0.4, -0.2) is 28.7 Å². The van der Waals surface area contributed by atoms with Gasteiger partial charge in [-0.3, -0.25) is 4.90 Å². The van der Waals surface area contributed by atoms with E-state index in [1.165, 1.54) is 11.1 Å². The van der Waals surface area contributed by atoms with Crippen molar-refractivity contribution in [2.45, 2.75) is 58.1 Å². The lowest BCUT2D eigenvalue weighted by Gasteiger charge is -2.51. The van der Waals surface area contributed by atoms with Crippen molar-refractivity contribution in [3.8, 4) is 0 Å². The smallest absolute Gasteiger partial charge is 0.0703 e. The summed E-state index contributed by atoms with van der Waals surface area (Å²) in [5.74, 6) is 1.07. The number of fused-ring (bicyclic) bond motifs is 3. The van der Waals surface area contributed by atoms with E-state index in [2.05, 4.69) is 49.9 Å². The van der Waals surface area contributed by atoms with Gasteiger partial charge in [-0.1, -0.05) is 45.0 Å². The summed E-state index contributed by atoms with van der Waals surface area (Å²) in [6, 6.07) is 9.24. The van der Waals surface area contributed by atoms with Crippen LogP contribution in [0.4, 0.5) is 0 Å².